The second kappa shape index (κ2) is 5.65. The lowest BCUT2D eigenvalue weighted by Gasteiger charge is -2.23. The average molecular weight is 279 g/mol. The molecule has 0 spiro atoms. The lowest BCUT2D eigenvalue weighted by molar-refractivity contribution is -0.137. The molecule has 5 heteroatoms. The van der Waals surface area contributed by atoms with Crippen LogP contribution in [0.2, 0.25) is 0 Å². The van der Waals surface area contributed by atoms with Crippen molar-refractivity contribution in [1.29, 1.82) is 0 Å². The Balaban J connectivity index is 2.31. The van der Waals surface area contributed by atoms with Crippen molar-refractivity contribution in [3.8, 4) is 0 Å². The zero-order valence-corrected chi connectivity index (χ0v) is 11.8. The molecule has 0 radical (unpaired) electrons. The minimum absolute atomic E-state index is 0.00557. The van der Waals surface area contributed by atoms with E-state index in [0.717, 1.165) is 16.1 Å². The molecule has 1 amide bonds. The van der Waals surface area contributed by atoms with Crippen LogP contribution >= 0.6 is 11.8 Å². The number of carbonyl (C=O) groups is 2. The summed E-state index contributed by atoms with van der Waals surface area (Å²) in [5, 5.41) is 11.8. The van der Waals surface area contributed by atoms with Crippen LogP contribution in [0.4, 0.5) is 5.69 Å². The molecule has 2 rings (SSSR count). The van der Waals surface area contributed by atoms with Crippen molar-refractivity contribution in [3.05, 3.63) is 23.8 Å². The molecule has 0 bridgehead atoms. The van der Waals surface area contributed by atoms with E-state index >= 15 is 0 Å². The summed E-state index contributed by atoms with van der Waals surface area (Å²) >= 11 is 1.51. The first kappa shape index (κ1) is 13.9. The minimum atomic E-state index is -0.796. The van der Waals surface area contributed by atoms with Crippen LogP contribution in [0.1, 0.15) is 31.7 Å². The van der Waals surface area contributed by atoms with E-state index in [4.69, 9.17) is 5.11 Å². The molecule has 0 saturated heterocycles. The number of thioether (sulfide) groups is 1. The Labute approximate surface area is 116 Å². The van der Waals surface area contributed by atoms with E-state index in [1.807, 2.05) is 32.0 Å². The number of rotatable bonds is 4. The molecular formula is C14H17NO3S. The fourth-order valence-corrected chi connectivity index (χ4v) is 3.05. The van der Waals surface area contributed by atoms with Gasteiger partial charge in [-0.2, -0.15) is 0 Å². The third kappa shape index (κ3) is 3.29. The number of nitrogens with one attached hydrogen (secondary N) is 1. The molecule has 1 aromatic carbocycles. The molecule has 1 atom stereocenters. The van der Waals surface area contributed by atoms with Gasteiger partial charge in [-0.05, 0) is 29.5 Å². The Morgan fingerprint density at radius 3 is 2.84 bits per heavy atom. The Kier molecular flexibility index (Phi) is 4.14. The van der Waals surface area contributed by atoms with Gasteiger partial charge in [0.15, 0.2) is 0 Å². The highest BCUT2D eigenvalue weighted by molar-refractivity contribution is 8.00. The zero-order chi connectivity index (χ0) is 14.0. The topological polar surface area (TPSA) is 66.4 Å². The van der Waals surface area contributed by atoms with Crippen molar-refractivity contribution in [2.75, 3.05) is 11.1 Å². The predicted molar refractivity (Wildman–Crippen MR) is 75.6 cm³/mol. The summed E-state index contributed by atoms with van der Waals surface area (Å²) in [6, 6.07) is 5.84. The monoisotopic (exact) mass is 279 g/mol. The van der Waals surface area contributed by atoms with Crippen molar-refractivity contribution in [1.82, 2.24) is 0 Å². The quantitative estimate of drug-likeness (QED) is 0.889. The summed E-state index contributed by atoms with van der Waals surface area (Å²) in [5.41, 5.74) is 1.77. The Bertz CT molecular complexity index is 513. The maximum Gasteiger partial charge on any atom is 0.303 e. The molecule has 102 valence electrons. The summed E-state index contributed by atoms with van der Waals surface area (Å²) in [7, 11) is 0. The van der Waals surface area contributed by atoms with Crippen LogP contribution in [0, 0.1) is 5.92 Å². The molecule has 0 fully saturated rings. The zero-order valence-electron chi connectivity index (χ0n) is 11.0. The molecule has 1 aliphatic heterocycles. The van der Waals surface area contributed by atoms with Crippen molar-refractivity contribution in [3.63, 3.8) is 0 Å². The Morgan fingerprint density at radius 1 is 1.47 bits per heavy atom. The molecule has 1 heterocycles. The first-order chi connectivity index (χ1) is 8.97. The third-order valence-corrected chi connectivity index (χ3v) is 4.34. The maximum absolute atomic E-state index is 11.4. The van der Waals surface area contributed by atoms with Crippen LogP contribution in [0.3, 0.4) is 0 Å². The van der Waals surface area contributed by atoms with E-state index < -0.39 is 5.97 Å². The molecule has 1 unspecified atom stereocenters. The van der Waals surface area contributed by atoms with E-state index in [-0.39, 0.29) is 24.2 Å². The minimum Gasteiger partial charge on any atom is -0.481 e. The number of hydrogen-bond donors (Lipinski definition) is 2. The molecule has 19 heavy (non-hydrogen) atoms. The Morgan fingerprint density at radius 2 is 2.21 bits per heavy atom. The van der Waals surface area contributed by atoms with Crippen molar-refractivity contribution < 1.29 is 14.7 Å². The highest BCUT2D eigenvalue weighted by Gasteiger charge is 2.22. The largest absolute Gasteiger partial charge is 0.481 e. The van der Waals surface area contributed by atoms with E-state index in [2.05, 4.69) is 5.32 Å². The van der Waals surface area contributed by atoms with Gasteiger partial charge in [-0.15, -0.1) is 11.8 Å². The van der Waals surface area contributed by atoms with Crippen molar-refractivity contribution in [2.45, 2.75) is 31.1 Å². The molecule has 2 N–H and O–H groups in total. The molecule has 0 saturated carbocycles. The SMILES string of the molecule is CC(C)C(CC(=O)O)c1ccc2c(c1)NC(=O)CS2. The molecule has 1 aromatic rings. The molecular weight excluding hydrogens is 262 g/mol. The van der Waals surface area contributed by atoms with E-state index in [1.54, 1.807) is 0 Å². The van der Waals surface area contributed by atoms with Crippen LogP contribution in [-0.4, -0.2) is 22.7 Å². The standard InChI is InChI=1S/C14H17NO3S/c1-8(2)10(6-14(17)18)9-3-4-12-11(5-9)15-13(16)7-19-12/h3-5,8,10H,6-7H2,1-2H3,(H,15,16)(H,17,18). The van der Waals surface area contributed by atoms with Crippen LogP contribution in [0.5, 0.6) is 0 Å². The molecule has 0 aliphatic carbocycles. The molecule has 4 nitrogen and oxygen atoms in total. The Hall–Kier alpha value is -1.49. The highest BCUT2D eigenvalue weighted by atomic mass is 32.2. The smallest absolute Gasteiger partial charge is 0.303 e. The van der Waals surface area contributed by atoms with E-state index in [0.29, 0.717) is 5.75 Å². The van der Waals surface area contributed by atoms with Crippen molar-refractivity contribution >= 4 is 29.3 Å². The number of aliphatic carboxylic acids is 1. The number of carbonyl (C=O) groups excluding carboxylic acids is 1. The number of benzene rings is 1. The number of fused-ring (bicyclic) bond motifs is 1. The van der Waals surface area contributed by atoms with E-state index in [9.17, 15) is 9.59 Å². The van der Waals surface area contributed by atoms with Gasteiger partial charge in [0, 0.05) is 4.90 Å². The highest BCUT2D eigenvalue weighted by Crippen LogP contribution is 2.36. The first-order valence-electron chi connectivity index (χ1n) is 6.25. The number of amides is 1. The average Bonchev–Trinajstić information content (AvgIpc) is 2.34. The lowest BCUT2D eigenvalue weighted by Crippen LogP contribution is -2.19. The van der Waals surface area contributed by atoms with Crippen LogP contribution in [0.15, 0.2) is 23.1 Å². The van der Waals surface area contributed by atoms with Gasteiger partial charge in [-0.3, -0.25) is 9.59 Å². The summed E-state index contributed by atoms with van der Waals surface area (Å²) < 4.78 is 0. The van der Waals surface area contributed by atoms with Gasteiger partial charge in [0.2, 0.25) is 5.91 Å². The lowest BCUT2D eigenvalue weighted by atomic mass is 9.85. The van der Waals surface area contributed by atoms with E-state index in [1.165, 1.54) is 11.8 Å². The maximum atomic E-state index is 11.4. The van der Waals surface area contributed by atoms with Gasteiger partial charge >= 0.3 is 5.97 Å². The van der Waals surface area contributed by atoms with Gasteiger partial charge in [0.25, 0.3) is 0 Å². The van der Waals surface area contributed by atoms with Gasteiger partial charge in [-0.25, -0.2) is 0 Å². The van der Waals surface area contributed by atoms with Crippen molar-refractivity contribution in [2.24, 2.45) is 5.92 Å². The molecule has 0 aromatic heterocycles. The number of carboxylic acid groups (broad SMARTS) is 1. The van der Waals surface area contributed by atoms with Gasteiger partial charge in [0.05, 0.1) is 17.9 Å². The predicted octanol–water partition coefficient (Wildman–Crippen LogP) is 2.95. The van der Waals surface area contributed by atoms with Gasteiger partial charge < -0.3 is 10.4 Å². The van der Waals surface area contributed by atoms with Gasteiger partial charge in [-0.1, -0.05) is 19.9 Å². The summed E-state index contributed by atoms with van der Waals surface area (Å²) in [6.07, 6.45) is 0.109. The normalized spacial score (nSPS) is 15.8. The van der Waals surface area contributed by atoms with Crippen LogP contribution in [-0.2, 0) is 9.59 Å². The summed E-state index contributed by atoms with van der Waals surface area (Å²) in [5.74, 6) is -0.161. The van der Waals surface area contributed by atoms with Gasteiger partial charge in [0.1, 0.15) is 0 Å². The first-order valence-corrected chi connectivity index (χ1v) is 7.24. The second-order valence-corrected chi connectivity index (χ2v) is 6.06. The second-order valence-electron chi connectivity index (χ2n) is 5.04. The third-order valence-electron chi connectivity index (χ3n) is 3.26. The summed E-state index contributed by atoms with van der Waals surface area (Å²) in [6.45, 7) is 4.03. The number of hydrogen-bond acceptors (Lipinski definition) is 3. The number of anilines is 1. The number of carboxylic acids is 1. The summed E-state index contributed by atoms with van der Waals surface area (Å²) in [4.78, 5) is 23.4. The fraction of sp³-hybridized carbons (Fsp3) is 0.429. The van der Waals surface area contributed by atoms with Crippen LogP contribution in [0.25, 0.3) is 0 Å². The van der Waals surface area contributed by atoms with Crippen LogP contribution < -0.4 is 5.32 Å². The fourth-order valence-electron chi connectivity index (χ4n) is 2.26. The molecule has 1 aliphatic rings.